The molecule has 3 rings (SSSR count). The van der Waals surface area contributed by atoms with Gasteiger partial charge in [-0.25, -0.2) is 9.78 Å². The van der Waals surface area contributed by atoms with E-state index in [2.05, 4.69) is 15.5 Å². The van der Waals surface area contributed by atoms with Gasteiger partial charge in [-0.1, -0.05) is 59.0 Å². The van der Waals surface area contributed by atoms with Crippen molar-refractivity contribution in [1.82, 2.24) is 4.98 Å². The van der Waals surface area contributed by atoms with E-state index in [0.717, 1.165) is 5.56 Å². The van der Waals surface area contributed by atoms with Gasteiger partial charge in [0.2, 0.25) is 0 Å². The lowest BCUT2D eigenvalue weighted by Crippen LogP contribution is -2.27. The molecule has 0 saturated heterocycles. The Kier molecular flexibility index (Phi) is 6.76. The second kappa shape index (κ2) is 9.48. The maximum atomic E-state index is 12.1. The zero-order valence-corrected chi connectivity index (χ0v) is 18.3. The minimum atomic E-state index is -0.656. The molecule has 0 unspecified atom stereocenters. The summed E-state index contributed by atoms with van der Waals surface area (Å²) in [5.74, 6) is 0.423. The summed E-state index contributed by atoms with van der Waals surface area (Å²) in [4.78, 5) is 17.1. The van der Waals surface area contributed by atoms with Crippen LogP contribution in [0.5, 0.6) is 5.75 Å². The fourth-order valence-corrected chi connectivity index (χ4v) is 3.67. The molecule has 0 spiro atoms. The number of amidine groups is 1. The summed E-state index contributed by atoms with van der Waals surface area (Å²) in [5, 5.41) is 15.1. The molecule has 3 aromatic rings. The smallest absolute Gasteiger partial charge is 0.413 e. The van der Waals surface area contributed by atoms with Crippen molar-refractivity contribution in [2.45, 2.75) is 33.0 Å². The van der Waals surface area contributed by atoms with Crippen molar-refractivity contribution in [2.24, 2.45) is 10.9 Å². The van der Waals surface area contributed by atoms with Crippen LogP contribution in [0.15, 0.2) is 59.8 Å². The van der Waals surface area contributed by atoms with Gasteiger partial charge in [0.1, 0.15) is 23.7 Å². The van der Waals surface area contributed by atoms with Crippen LogP contribution in [0.3, 0.4) is 0 Å². The highest BCUT2D eigenvalue weighted by molar-refractivity contribution is 7.19. The fourth-order valence-electron chi connectivity index (χ4n) is 2.68. The zero-order chi connectivity index (χ0) is 22.4. The van der Waals surface area contributed by atoms with Crippen LogP contribution in [0, 0.1) is 0 Å². The molecule has 1 aromatic heterocycles. The monoisotopic (exact) mass is 440 g/mol. The highest BCUT2D eigenvalue weighted by Crippen LogP contribution is 2.39. The highest BCUT2D eigenvalue weighted by atomic mass is 32.1. The van der Waals surface area contributed by atoms with E-state index in [1.807, 2.05) is 54.6 Å². The quantitative estimate of drug-likeness (QED) is 0.219. The molecule has 0 saturated carbocycles. The summed E-state index contributed by atoms with van der Waals surface area (Å²) in [6.45, 7) is 5.67. The van der Waals surface area contributed by atoms with Gasteiger partial charge in [0.05, 0.1) is 4.88 Å². The number of nitrogens with zero attached hydrogens (tertiary/aromatic N) is 2. The number of ether oxygens (including phenoxy) is 2. The van der Waals surface area contributed by atoms with Gasteiger partial charge in [0.25, 0.3) is 0 Å². The Hall–Kier alpha value is -3.59. The molecule has 0 aliphatic carbocycles. The number of nitrogens with two attached hydrogens (primary N) is 1. The molecule has 31 heavy (non-hydrogen) atoms. The Morgan fingerprint density at radius 2 is 1.84 bits per heavy atom. The van der Waals surface area contributed by atoms with E-state index in [1.165, 1.54) is 11.3 Å². The van der Waals surface area contributed by atoms with Crippen molar-refractivity contribution in [3.63, 3.8) is 0 Å². The number of hydrogen-bond donors (Lipinski definition) is 3. The van der Waals surface area contributed by atoms with Gasteiger partial charge in [-0.3, -0.25) is 5.32 Å². The number of para-hydroxylation sites is 1. The Morgan fingerprint density at radius 1 is 1.16 bits per heavy atom. The topological polar surface area (TPSA) is 119 Å². The molecule has 0 atom stereocenters. The van der Waals surface area contributed by atoms with Crippen molar-refractivity contribution < 1.29 is 19.5 Å². The standard InChI is InChI=1S/C22H24N4O4S/c1-22(2,3)30-21(27)25-20-24-17(19(23)26-28)18(31-20)15-11-7-8-12-16(15)29-13-14-9-5-4-6-10-14/h4-12,28H,13H2,1-3H3,(H2,23,26)(H,24,25,27). The van der Waals surface area contributed by atoms with Gasteiger partial charge in [0, 0.05) is 5.56 Å². The van der Waals surface area contributed by atoms with Crippen LogP contribution in [-0.2, 0) is 11.3 Å². The molecule has 9 heteroatoms. The summed E-state index contributed by atoms with van der Waals surface area (Å²) >= 11 is 1.17. The van der Waals surface area contributed by atoms with Gasteiger partial charge < -0.3 is 20.4 Å². The Balaban J connectivity index is 1.92. The molecule has 0 aliphatic rings. The second-order valence-electron chi connectivity index (χ2n) is 7.58. The predicted molar refractivity (Wildman–Crippen MR) is 121 cm³/mol. The number of carbonyl (C=O) groups is 1. The average Bonchev–Trinajstić information content (AvgIpc) is 3.14. The summed E-state index contributed by atoms with van der Waals surface area (Å²) in [5.41, 5.74) is 7.15. The van der Waals surface area contributed by atoms with Crippen LogP contribution in [0.25, 0.3) is 10.4 Å². The number of anilines is 1. The van der Waals surface area contributed by atoms with Crippen molar-refractivity contribution in [2.75, 3.05) is 5.32 Å². The first kappa shape index (κ1) is 22.1. The molecule has 162 valence electrons. The number of rotatable bonds is 6. The van der Waals surface area contributed by atoms with Crippen molar-refractivity contribution >= 4 is 28.4 Å². The normalized spacial score (nSPS) is 11.8. The van der Waals surface area contributed by atoms with Gasteiger partial charge in [-0.05, 0) is 38.5 Å². The zero-order valence-electron chi connectivity index (χ0n) is 17.5. The van der Waals surface area contributed by atoms with E-state index in [0.29, 0.717) is 22.8 Å². The molecule has 4 N–H and O–H groups in total. The lowest BCUT2D eigenvalue weighted by molar-refractivity contribution is 0.0636. The van der Waals surface area contributed by atoms with Gasteiger partial charge in [-0.2, -0.15) is 0 Å². The van der Waals surface area contributed by atoms with Crippen LogP contribution in [-0.4, -0.2) is 27.7 Å². The Morgan fingerprint density at radius 3 is 2.52 bits per heavy atom. The third-order valence-electron chi connectivity index (χ3n) is 3.95. The van der Waals surface area contributed by atoms with Crippen LogP contribution in [0.2, 0.25) is 0 Å². The lowest BCUT2D eigenvalue weighted by Gasteiger charge is -2.18. The Bertz CT molecular complexity index is 1070. The first-order valence-electron chi connectivity index (χ1n) is 9.51. The van der Waals surface area contributed by atoms with E-state index >= 15 is 0 Å². The van der Waals surface area contributed by atoms with E-state index in [4.69, 9.17) is 15.2 Å². The number of carbonyl (C=O) groups excluding carboxylic acids is 1. The van der Waals surface area contributed by atoms with Crippen LogP contribution < -0.4 is 15.8 Å². The van der Waals surface area contributed by atoms with E-state index in [9.17, 15) is 10.0 Å². The molecule has 0 fully saturated rings. The lowest BCUT2D eigenvalue weighted by atomic mass is 10.1. The van der Waals surface area contributed by atoms with Gasteiger partial charge >= 0.3 is 6.09 Å². The van der Waals surface area contributed by atoms with Gasteiger partial charge in [0.15, 0.2) is 11.0 Å². The Labute approximate surface area is 184 Å². The SMILES string of the molecule is CC(C)(C)OC(=O)Nc1nc(/C(N)=N/O)c(-c2ccccc2OCc2ccccc2)s1. The van der Waals surface area contributed by atoms with Crippen molar-refractivity contribution in [3.8, 4) is 16.2 Å². The van der Waals surface area contributed by atoms with Gasteiger partial charge in [-0.15, -0.1) is 0 Å². The van der Waals surface area contributed by atoms with Crippen LogP contribution in [0.1, 0.15) is 32.0 Å². The first-order chi connectivity index (χ1) is 14.8. The third-order valence-corrected chi connectivity index (χ3v) is 4.96. The van der Waals surface area contributed by atoms with E-state index in [-0.39, 0.29) is 16.7 Å². The molecule has 0 aliphatic heterocycles. The molecular weight excluding hydrogens is 416 g/mol. The largest absolute Gasteiger partial charge is 0.488 e. The fraction of sp³-hybridized carbons (Fsp3) is 0.227. The number of nitrogens with one attached hydrogen (secondary N) is 1. The summed E-state index contributed by atoms with van der Waals surface area (Å²) in [7, 11) is 0. The summed E-state index contributed by atoms with van der Waals surface area (Å²) < 4.78 is 11.3. The maximum Gasteiger partial charge on any atom is 0.413 e. The molecular formula is C22H24N4O4S. The molecule has 2 aromatic carbocycles. The average molecular weight is 441 g/mol. The summed E-state index contributed by atoms with van der Waals surface area (Å²) in [6.07, 6.45) is -0.646. The predicted octanol–water partition coefficient (Wildman–Crippen LogP) is 4.83. The second-order valence-corrected chi connectivity index (χ2v) is 8.58. The summed E-state index contributed by atoms with van der Waals surface area (Å²) in [6, 6.07) is 17.2. The molecule has 1 amide bonds. The van der Waals surface area contributed by atoms with Crippen molar-refractivity contribution in [3.05, 3.63) is 65.9 Å². The molecule has 0 radical (unpaired) electrons. The molecule has 8 nitrogen and oxygen atoms in total. The highest BCUT2D eigenvalue weighted by Gasteiger charge is 2.22. The minimum absolute atomic E-state index is 0.179. The number of hydrogen-bond acceptors (Lipinski definition) is 7. The number of thiazole rings is 1. The third kappa shape index (κ3) is 5.95. The minimum Gasteiger partial charge on any atom is -0.488 e. The number of oxime groups is 1. The van der Waals surface area contributed by atoms with Crippen molar-refractivity contribution in [1.29, 1.82) is 0 Å². The van der Waals surface area contributed by atoms with E-state index < -0.39 is 11.7 Å². The van der Waals surface area contributed by atoms with Crippen LogP contribution in [0.4, 0.5) is 9.93 Å². The maximum absolute atomic E-state index is 12.1. The van der Waals surface area contributed by atoms with Crippen LogP contribution >= 0.6 is 11.3 Å². The number of benzene rings is 2. The first-order valence-corrected chi connectivity index (χ1v) is 10.3. The number of aromatic nitrogens is 1. The molecule has 1 heterocycles. The number of amides is 1. The van der Waals surface area contributed by atoms with E-state index in [1.54, 1.807) is 20.8 Å². The molecule has 0 bridgehead atoms.